The first-order chi connectivity index (χ1) is 8.95. The summed E-state index contributed by atoms with van der Waals surface area (Å²) in [5.74, 6) is 0. The molecule has 1 aliphatic heterocycles. The lowest BCUT2D eigenvalue weighted by Gasteiger charge is -2.43. The third kappa shape index (κ3) is 2.58. The second-order valence-electron chi connectivity index (χ2n) is 6.20. The molecule has 0 aromatic heterocycles. The summed E-state index contributed by atoms with van der Waals surface area (Å²) in [4.78, 5) is 5.09. The topological polar surface area (TPSA) is 6.48 Å². The third-order valence-corrected chi connectivity index (χ3v) is 4.26. The molecule has 0 radical (unpaired) electrons. The maximum absolute atomic E-state index is 2.55. The van der Waals surface area contributed by atoms with E-state index in [1.165, 1.54) is 22.5 Å². The molecule has 1 aromatic carbocycles. The molecule has 0 saturated heterocycles. The number of fused-ring (bicyclic) bond motifs is 1. The summed E-state index contributed by atoms with van der Waals surface area (Å²) in [6, 6.07) is 5.95. The number of hydrogen-bond acceptors (Lipinski definition) is 2. The number of nitrogens with zero attached hydrogens (tertiary/aromatic N) is 2. The van der Waals surface area contributed by atoms with Gasteiger partial charge in [-0.1, -0.05) is 6.92 Å². The van der Waals surface area contributed by atoms with Crippen LogP contribution < -0.4 is 9.80 Å². The normalized spacial score (nSPS) is 15.4. The summed E-state index contributed by atoms with van der Waals surface area (Å²) in [6.45, 7) is 15.9. The lowest BCUT2D eigenvalue weighted by atomic mass is 10.00. The van der Waals surface area contributed by atoms with Gasteiger partial charge in [-0.2, -0.15) is 0 Å². The smallest absolute Gasteiger partial charge is 0.0610 e. The fourth-order valence-electron chi connectivity index (χ4n) is 3.09. The first-order valence-corrected chi connectivity index (χ1v) is 7.62. The van der Waals surface area contributed by atoms with Crippen LogP contribution in [0.4, 0.5) is 11.4 Å². The van der Waals surface area contributed by atoms with Crippen molar-refractivity contribution in [3.8, 4) is 0 Å². The minimum absolute atomic E-state index is 0.569. The Kier molecular flexibility index (Phi) is 4.07. The summed E-state index contributed by atoms with van der Waals surface area (Å²) in [7, 11) is 0. The van der Waals surface area contributed by atoms with Crippen LogP contribution in [0.1, 0.15) is 45.7 Å². The Morgan fingerprint density at radius 2 is 1.42 bits per heavy atom. The van der Waals surface area contributed by atoms with Gasteiger partial charge in [0.25, 0.3) is 0 Å². The molecular formula is C17H28N2. The molecule has 0 bridgehead atoms. The number of aryl methyl sites for hydroxylation is 2. The van der Waals surface area contributed by atoms with E-state index in [1.807, 2.05) is 0 Å². The number of benzene rings is 1. The van der Waals surface area contributed by atoms with Gasteiger partial charge >= 0.3 is 0 Å². The predicted octanol–water partition coefficient (Wildman–Crippen LogP) is 4.00. The highest BCUT2D eigenvalue weighted by Gasteiger charge is 2.26. The minimum Gasteiger partial charge on any atom is -0.366 e. The standard InChI is InChI=1S/C17H28N2/c1-7-15-11-17-16(10-14(15)6)18(12(2)3)8-9-19(17)13(4)5/h10-13H,7-9H2,1-6H3. The monoisotopic (exact) mass is 260 g/mol. The van der Waals surface area contributed by atoms with Crippen molar-refractivity contribution in [1.82, 2.24) is 0 Å². The fourth-order valence-corrected chi connectivity index (χ4v) is 3.09. The van der Waals surface area contributed by atoms with E-state index in [-0.39, 0.29) is 0 Å². The van der Waals surface area contributed by atoms with Gasteiger partial charge in [0.2, 0.25) is 0 Å². The van der Waals surface area contributed by atoms with Crippen LogP contribution in [0.2, 0.25) is 0 Å². The van der Waals surface area contributed by atoms with Crippen LogP contribution in [-0.2, 0) is 6.42 Å². The lowest BCUT2D eigenvalue weighted by molar-refractivity contribution is 0.602. The van der Waals surface area contributed by atoms with E-state index in [0.717, 1.165) is 19.5 Å². The van der Waals surface area contributed by atoms with Gasteiger partial charge in [0.15, 0.2) is 0 Å². The Morgan fingerprint density at radius 1 is 0.947 bits per heavy atom. The molecule has 2 rings (SSSR count). The van der Waals surface area contributed by atoms with Gasteiger partial charge in [0.1, 0.15) is 0 Å². The van der Waals surface area contributed by atoms with E-state index in [0.29, 0.717) is 12.1 Å². The summed E-state index contributed by atoms with van der Waals surface area (Å²) in [5, 5.41) is 0. The molecule has 106 valence electrons. The zero-order valence-electron chi connectivity index (χ0n) is 13.3. The average molecular weight is 260 g/mol. The lowest BCUT2D eigenvalue weighted by Crippen LogP contribution is -2.46. The molecule has 0 saturated carbocycles. The van der Waals surface area contributed by atoms with Gasteiger partial charge in [-0.25, -0.2) is 0 Å². The zero-order chi connectivity index (χ0) is 14.2. The van der Waals surface area contributed by atoms with Gasteiger partial charge in [-0.05, 0) is 64.3 Å². The fraction of sp³-hybridized carbons (Fsp3) is 0.647. The van der Waals surface area contributed by atoms with Crippen LogP contribution in [0.3, 0.4) is 0 Å². The van der Waals surface area contributed by atoms with Crippen molar-refractivity contribution >= 4 is 11.4 Å². The van der Waals surface area contributed by atoms with E-state index in [1.54, 1.807) is 0 Å². The van der Waals surface area contributed by atoms with E-state index in [9.17, 15) is 0 Å². The molecule has 0 N–H and O–H groups in total. The van der Waals surface area contributed by atoms with Crippen LogP contribution in [-0.4, -0.2) is 25.2 Å². The largest absolute Gasteiger partial charge is 0.366 e. The molecule has 0 aliphatic carbocycles. The van der Waals surface area contributed by atoms with Crippen LogP contribution in [0.5, 0.6) is 0 Å². The first kappa shape index (κ1) is 14.2. The molecule has 2 nitrogen and oxygen atoms in total. The summed E-state index contributed by atoms with van der Waals surface area (Å²) in [6.07, 6.45) is 1.12. The number of hydrogen-bond donors (Lipinski definition) is 0. The van der Waals surface area contributed by atoms with Crippen LogP contribution in [0.15, 0.2) is 12.1 Å². The maximum atomic E-state index is 2.55. The molecule has 1 aromatic rings. The van der Waals surface area contributed by atoms with Gasteiger partial charge in [0, 0.05) is 25.2 Å². The van der Waals surface area contributed by atoms with Gasteiger partial charge in [-0.15, -0.1) is 0 Å². The summed E-state index contributed by atoms with van der Waals surface area (Å²) >= 11 is 0. The molecule has 19 heavy (non-hydrogen) atoms. The predicted molar refractivity (Wildman–Crippen MR) is 85.5 cm³/mol. The third-order valence-electron chi connectivity index (χ3n) is 4.26. The molecule has 0 amide bonds. The number of rotatable bonds is 3. The van der Waals surface area contributed by atoms with E-state index in [2.05, 4.69) is 63.5 Å². The summed E-state index contributed by atoms with van der Waals surface area (Å²) in [5.41, 5.74) is 5.76. The van der Waals surface area contributed by atoms with Crippen molar-refractivity contribution in [2.75, 3.05) is 22.9 Å². The van der Waals surface area contributed by atoms with Crippen LogP contribution in [0, 0.1) is 6.92 Å². The highest BCUT2D eigenvalue weighted by Crippen LogP contribution is 2.37. The summed E-state index contributed by atoms with van der Waals surface area (Å²) < 4.78 is 0. The van der Waals surface area contributed by atoms with Crippen molar-refractivity contribution in [1.29, 1.82) is 0 Å². The molecule has 0 atom stereocenters. The SMILES string of the molecule is CCc1cc2c(cc1C)N(C(C)C)CCN2C(C)C. The Balaban J connectivity index is 2.54. The molecular weight excluding hydrogens is 232 g/mol. The second-order valence-corrected chi connectivity index (χ2v) is 6.20. The highest BCUT2D eigenvalue weighted by atomic mass is 15.3. The molecule has 0 unspecified atom stereocenters. The quantitative estimate of drug-likeness (QED) is 0.810. The number of anilines is 2. The van der Waals surface area contributed by atoms with Gasteiger partial charge in [-0.3, -0.25) is 0 Å². The Labute approximate surface area is 118 Å². The van der Waals surface area contributed by atoms with Crippen LogP contribution in [0.25, 0.3) is 0 Å². The van der Waals surface area contributed by atoms with Crippen molar-refractivity contribution in [3.05, 3.63) is 23.3 Å². The average Bonchev–Trinajstić information content (AvgIpc) is 2.35. The zero-order valence-corrected chi connectivity index (χ0v) is 13.3. The van der Waals surface area contributed by atoms with E-state index < -0.39 is 0 Å². The Hall–Kier alpha value is -1.18. The first-order valence-electron chi connectivity index (χ1n) is 7.62. The van der Waals surface area contributed by atoms with E-state index in [4.69, 9.17) is 0 Å². The van der Waals surface area contributed by atoms with Crippen molar-refractivity contribution in [3.63, 3.8) is 0 Å². The Morgan fingerprint density at radius 3 is 1.84 bits per heavy atom. The molecule has 0 fully saturated rings. The van der Waals surface area contributed by atoms with Crippen molar-refractivity contribution in [2.45, 2.75) is 60.0 Å². The van der Waals surface area contributed by atoms with Crippen molar-refractivity contribution in [2.24, 2.45) is 0 Å². The van der Waals surface area contributed by atoms with Gasteiger partial charge in [0.05, 0.1) is 11.4 Å². The second kappa shape index (κ2) is 5.44. The van der Waals surface area contributed by atoms with Crippen molar-refractivity contribution < 1.29 is 0 Å². The molecule has 1 heterocycles. The maximum Gasteiger partial charge on any atom is 0.0610 e. The Bertz CT molecular complexity index is 449. The molecule has 2 heteroatoms. The van der Waals surface area contributed by atoms with E-state index >= 15 is 0 Å². The molecule has 0 spiro atoms. The minimum atomic E-state index is 0.569. The van der Waals surface area contributed by atoms with Crippen LogP contribution >= 0.6 is 0 Å². The molecule has 1 aliphatic rings. The van der Waals surface area contributed by atoms with Gasteiger partial charge < -0.3 is 9.80 Å². The highest BCUT2D eigenvalue weighted by molar-refractivity contribution is 5.76.